The zero-order chi connectivity index (χ0) is 19.0. The number of nitrogens with zero attached hydrogens (tertiary/aromatic N) is 6. The van der Waals surface area contributed by atoms with Crippen LogP contribution in [0.5, 0.6) is 0 Å². The molecule has 2 N–H and O–H groups in total. The Hall–Kier alpha value is -2.38. The zero-order valence-electron chi connectivity index (χ0n) is 16.7. The summed E-state index contributed by atoms with van der Waals surface area (Å²) < 4.78 is 4.07. The van der Waals surface area contributed by atoms with E-state index in [1.807, 2.05) is 18.5 Å². The van der Waals surface area contributed by atoms with Gasteiger partial charge in [-0.3, -0.25) is 4.68 Å². The van der Waals surface area contributed by atoms with Gasteiger partial charge in [0.05, 0.1) is 5.69 Å². The van der Waals surface area contributed by atoms with Crippen LogP contribution in [0, 0.1) is 6.92 Å². The minimum Gasteiger partial charge on any atom is -0.354 e. The molecule has 0 aliphatic heterocycles. The molecule has 0 saturated heterocycles. The molecule has 0 radical (unpaired) electrons. The van der Waals surface area contributed by atoms with Gasteiger partial charge in [-0.05, 0) is 52.0 Å². The summed E-state index contributed by atoms with van der Waals surface area (Å²) >= 11 is 0. The van der Waals surface area contributed by atoms with Gasteiger partial charge in [0.15, 0.2) is 11.8 Å². The molecule has 2 aliphatic rings. The van der Waals surface area contributed by atoms with E-state index < -0.39 is 0 Å². The zero-order valence-corrected chi connectivity index (χ0v) is 16.7. The van der Waals surface area contributed by atoms with Crippen LogP contribution in [-0.2, 0) is 26.4 Å². The summed E-state index contributed by atoms with van der Waals surface area (Å²) in [5.41, 5.74) is 2.62. The maximum absolute atomic E-state index is 4.78. The van der Waals surface area contributed by atoms with Gasteiger partial charge in [0.25, 0.3) is 0 Å². The van der Waals surface area contributed by atoms with Crippen LogP contribution >= 0.6 is 0 Å². The fourth-order valence-corrected chi connectivity index (χ4v) is 3.39. The molecule has 0 spiro atoms. The first-order valence-electron chi connectivity index (χ1n) is 9.99. The Labute approximate surface area is 160 Å². The van der Waals surface area contributed by atoms with Crippen LogP contribution in [0.2, 0.25) is 0 Å². The third-order valence-corrected chi connectivity index (χ3v) is 5.45. The number of nitrogens with one attached hydrogen (secondary N) is 2. The largest absolute Gasteiger partial charge is 0.354 e. The lowest BCUT2D eigenvalue weighted by Crippen LogP contribution is -2.46. The highest BCUT2D eigenvalue weighted by Crippen LogP contribution is 2.22. The molecule has 4 rings (SSSR count). The molecule has 1 unspecified atom stereocenters. The quantitative estimate of drug-likeness (QED) is 0.618. The summed E-state index contributed by atoms with van der Waals surface area (Å²) in [4.78, 5) is 4.78. The molecule has 146 valence electrons. The van der Waals surface area contributed by atoms with Crippen molar-refractivity contribution in [3.63, 3.8) is 0 Å². The third-order valence-electron chi connectivity index (χ3n) is 5.45. The van der Waals surface area contributed by atoms with Crippen LogP contribution in [0.1, 0.15) is 62.1 Å². The number of hydrogen-bond acceptors (Lipinski definition) is 4. The van der Waals surface area contributed by atoms with Crippen LogP contribution in [0.15, 0.2) is 11.2 Å². The Morgan fingerprint density at radius 1 is 1.22 bits per heavy atom. The smallest absolute Gasteiger partial charge is 0.192 e. The van der Waals surface area contributed by atoms with E-state index in [1.165, 1.54) is 24.1 Å². The van der Waals surface area contributed by atoms with Gasteiger partial charge < -0.3 is 15.2 Å². The van der Waals surface area contributed by atoms with Crippen molar-refractivity contribution in [2.45, 2.75) is 77.5 Å². The highest BCUT2D eigenvalue weighted by Gasteiger charge is 2.26. The van der Waals surface area contributed by atoms with E-state index in [9.17, 15) is 0 Å². The van der Waals surface area contributed by atoms with E-state index in [2.05, 4.69) is 45.6 Å². The van der Waals surface area contributed by atoms with Crippen molar-refractivity contribution >= 4 is 5.96 Å². The Kier molecular flexibility index (Phi) is 4.88. The molecule has 0 amide bonds. The second kappa shape index (κ2) is 7.32. The maximum atomic E-state index is 4.78. The van der Waals surface area contributed by atoms with Crippen molar-refractivity contribution in [1.29, 1.82) is 0 Å². The topological polar surface area (TPSA) is 84.9 Å². The number of guanidine groups is 1. The van der Waals surface area contributed by atoms with Gasteiger partial charge in [0.2, 0.25) is 0 Å². The standard InChI is InChI=1S/C19H30N8/c1-12(2)27-11-14-5-6-16(9-17(14)25-27)22-19(21-15-7-8-15)20-10-18-24-23-13(3)26(18)4/h11-12,15-16H,5-10H2,1-4H3,(H2,20,21,22). The van der Waals surface area contributed by atoms with E-state index in [0.717, 1.165) is 36.9 Å². The van der Waals surface area contributed by atoms with Gasteiger partial charge in [-0.1, -0.05) is 0 Å². The van der Waals surface area contributed by atoms with Gasteiger partial charge in [-0.15, -0.1) is 10.2 Å². The van der Waals surface area contributed by atoms with Crippen LogP contribution in [0.25, 0.3) is 0 Å². The molecule has 0 aromatic carbocycles. The number of rotatable bonds is 5. The third kappa shape index (κ3) is 4.14. The monoisotopic (exact) mass is 370 g/mol. The maximum Gasteiger partial charge on any atom is 0.192 e. The van der Waals surface area contributed by atoms with E-state index >= 15 is 0 Å². The minimum absolute atomic E-state index is 0.360. The van der Waals surface area contributed by atoms with E-state index in [4.69, 9.17) is 10.1 Å². The Balaban J connectivity index is 1.43. The van der Waals surface area contributed by atoms with Crippen LogP contribution in [0.3, 0.4) is 0 Å². The molecule has 2 aliphatic carbocycles. The molecular weight excluding hydrogens is 340 g/mol. The van der Waals surface area contributed by atoms with Gasteiger partial charge in [-0.25, -0.2) is 4.99 Å². The SMILES string of the molecule is Cc1nnc(CN=C(NC2CC2)NC2CCc3cn(C(C)C)nc3C2)n1C. The summed E-state index contributed by atoms with van der Waals surface area (Å²) in [7, 11) is 1.98. The Morgan fingerprint density at radius 3 is 2.67 bits per heavy atom. The normalized spacial score (nSPS) is 20.0. The van der Waals surface area contributed by atoms with Crippen molar-refractivity contribution in [3.8, 4) is 0 Å². The molecule has 8 heteroatoms. The van der Waals surface area contributed by atoms with E-state index in [0.29, 0.717) is 24.7 Å². The van der Waals surface area contributed by atoms with Crippen molar-refractivity contribution in [2.75, 3.05) is 0 Å². The van der Waals surface area contributed by atoms with Crippen LogP contribution in [0.4, 0.5) is 0 Å². The van der Waals surface area contributed by atoms with Crippen LogP contribution in [-0.4, -0.2) is 42.6 Å². The predicted molar refractivity (Wildman–Crippen MR) is 105 cm³/mol. The average Bonchev–Trinajstić information content (AvgIpc) is 3.25. The number of fused-ring (bicyclic) bond motifs is 1. The molecule has 2 aromatic heterocycles. The van der Waals surface area contributed by atoms with Crippen molar-refractivity contribution in [1.82, 2.24) is 35.2 Å². The molecule has 2 aromatic rings. The van der Waals surface area contributed by atoms with Gasteiger partial charge in [0.1, 0.15) is 12.4 Å². The summed E-state index contributed by atoms with van der Waals surface area (Å²) in [6.07, 6.45) is 7.77. The summed E-state index contributed by atoms with van der Waals surface area (Å²) in [5.74, 6) is 2.67. The Bertz CT molecular complexity index is 827. The average molecular weight is 371 g/mol. The minimum atomic E-state index is 0.360. The first kappa shape index (κ1) is 18.0. The number of aliphatic imine (C=N–C) groups is 1. The number of aromatic nitrogens is 5. The predicted octanol–water partition coefficient (Wildman–Crippen LogP) is 1.66. The van der Waals surface area contributed by atoms with Gasteiger partial charge >= 0.3 is 0 Å². The van der Waals surface area contributed by atoms with Gasteiger partial charge in [-0.2, -0.15) is 5.10 Å². The summed E-state index contributed by atoms with van der Waals surface area (Å²) in [6, 6.07) is 1.32. The second-order valence-corrected chi connectivity index (χ2v) is 8.06. The highest BCUT2D eigenvalue weighted by atomic mass is 15.3. The molecular formula is C19H30N8. The summed E-state index contributed by atoms with van der Waals surface area (Å²) in [5, 5.41) is 20.3. The second-order valence-electron chi connectivity index (χ2n) is 8.06. The highest BCUT2D eigenvalue weighted by molar-refractivity contribution is 5.80. The lowest BCUT2D eigenvalue weighted by Gasteiger charge is -2.24. The Morgan fingerprint density at radius 2 is 2.00 bits per heavy atom. The molecule has 2 heterocycles. The van der Waals surface area contributed by atoms with Gasteiger partial charge in [0, 0.05) is 37.8 Å². The van der Waals surface area contributed by atoms with E-state index in [-0.39, 0.29) is 0 Å². The van der Waals surface area contributed by atoms with Crippen molar-refractivity contribution < 1.29 is 0 Å². The first-order valence-corrected chi connectivity index (χ1v) is 9.99. The lowest BCUT2D eigenvalue weighted by molar-refractivity contribution is 0.498. The summed E-state index contributed by atoms with van der Waals surface area (Å²) in [6.45, 7) is 6.83. The number of aryl methyl sites for hydroxylation is 2. The molecule has 27 heavy (non-hydrogen) atoms. The molecule has 8 nitrogen and oxygen atoms in total. The molecule has 0 bridgehead atoms. The fraction of sp³-hybridized carbons (Fsp3) is 0.684. The number of hydrogen-bond donors (Lipinski definition) is 2. The van der Waals surface area contributed by atoms with Crippen molar-refractivity contribution in [2.24, 2.45) is 12.0 Å². The molecule has 1 saturated carbocycles. The molecule has 1 atom stereocenters. The lowest BCUT2D eigenvalue weighted by atomic mass is 9.94. The van der Waals surface area contributed by atoms with Crippen LogP contribution < -0.4 is 10.6 Å². The molecule has 1 fully saturated rings. The van der Waals surface area contributed by atoms with E-state index in [1.54, 1.807) is 0 Å². The first-order chi connectivity index (χ1) is 13.0. The fourth-order valence-electron chi connectivity index (χ4n) is 3.39. The van der Waals surface area contributed by atoms with Crippen molar-refractivity contribution in [3.05, 3.63) is 29.1 Å².